The highest BCUT2D eigenvalue weighted by molar-refractivity contribution is 14.1. The number of furan rings is 1. The molecule has 0 atom stereocenters. The zero-order valence-corrected chi connectivity index (χ0v) is 21.6. The molecule has 6 nitrogen and oxygen atoms in total. The van der Waals surface area contributed by atoms with E-state index in [9.17, 15) is 4.79 Å². The first-order valence-corrected chi connectivity index (χ1v) is 11.9. The number of halogens is 2. The zero-order chi connectivity index (χ0) is 23.4. The van der Waals surface area contributed by atoms with Gasteiger partial charge in [0, 0.05) is 9.86 Å². The van der Waals surface area contributed by atoms with Gasteiger partial charge in [0.1, 0.15) is 12.2 Å². The minimum Gasteiger partial charge on any atom is -0.493 e. The predicted octanol–water partition coefficient (Wildman–Crippen LogP) is 6.46. The van der Waals surface area contributed by atoms with E-state index in [0.29, 0.717) is 23.7 Å². The summed E-state index contributed by atoms with van der Waals surface area (Å²) < 4.78 is 18.9. The van der Waals surface area contributed by atoms with E-state index in [-0.39, 0.29) is 5.76 Å². The number of aryl methyl sites for hydroxylation is 1. The van der Waals surface area contributed by atoms with E-state index in [1.165, 1.54) is 5.56 Å². The molecular formula is C25H20BrIN2O4. The van der Waals surface area contributed by atoms with Crippen LogP contribution in [-0.2, 0) is 6.61 Å². The van der Waals surface area contributed by atoms with Crippen LogP contribution in [0.3, 0.4) is 0 Å². The van der Waals surface area contributed by atoms with Crippen LogP contribution in [-0.4, -0.2) is 19.2 Å². The standard InChI is InChI=1S/C25H20BrIN2O4/c1-15-3-5-16(6-4-15)14-32-24-20(27)9-17(10-22(24)31-2)13-28-29-25(30)23-12-18-11-19(26)7-8-21(18)33-23/h3-13H,14H2,1-2H3,(H,29,30)/b28-13+. The first-order valence-electron chi connectivity index (χ1n) is 10.0. The Morgan fingerprint density at radius 1 is 1.15 bits per heavy atom. The molecule has 0 saturated heterocycles. The minimum absolute atomic E-state index is 0.187. The van der Waals surface area contributed by atoms with Crippen LogP contribution in [0.15, 0.2) is 74.7 Å². The van der Waals surface area contributed by atoms with Crippen molar-refractivity contribution in [3.63, 3.8) is 0 Å². The van der Waals surface area contributed by atoms with Crippen LogP contribution < -0.4 is 14.9 Å². The Hall–Kier alpha value is -2.85. The number of fused-ring (bicyclic) bond motifs is 1. The van der Waals surface area contributed by atoms with Gasteiger partial charge in [-0.2, -0.15) is 5.10 Å². The number of carbonyl (C=O) groups is 1. The van der Waals surface area contributed by atoms with Gasteiger partial charge in [-0.05, 0) is 77.0 Å². The maximum Gasteiger partial charge on any atom is 0.307 e. The third-order valence-corrected chi connectivity index (χ3v) is 6.13. The molecule has 1 heterocycles. The summed E-state index contributed by atoms with van der Waals surface area (Å²) in [7, 11) is 1.59. The summed E-state index contributed by atoms with van der Waals surface area (Å²) >= 11 is 5.60. The number of ether oxygens (including phenoxy) is 2. The molecule has 0 unspecified atom stereocenters. The SMILES string of the molecule is COc1cc(/C=N/NC(=O)c2cc3cc(Br)ccc3o2)cc(I)c1OCc1ccc(C)cc1. The van der Waals surface area contributed by atoms with Crippen molar-refractivity contribution in [1.82, 2.24) is 5.43 Å². The average molecular weight is 619 g/mol. The number of amides is 1. The molecule has 0 fully saturated rings. The van der Waals surface area contributed by atoms with E-state index in [1.54, 1.807) is 31.5 Å². The van der Waals surface area contributed by atoms with Crippen molar-refractivity contribution >= 4 is 61.6 Å². The number of hydrogen-bond donors (Lipinski definition) is 1. The summed E-state index contributed by atoms with van der Waals surface area (Å²) in [4.78, 5) is 12.4. The van der Waals surface area contributed by atoms with Gasteiger partial charge in [0.05, 0.1) is 16.9 Å². The Kier molecular flexibility index (Phi) is 7.34. The smallest absolute Gasteiger partial charge is 0.307 e. The zero-order valence-electron chi connectivity index (χ0n) is 17.9. The van der Waals surface area contributed by atoms with Gasteiger partial charge < -0.3 is 13.9 Å². The topological polar surface area (TPSA) is 73.1 Å². The summed E-state index contributed by atoms with van der Waals surface area (Å²) in [6.45, 7) is 2.49. The second kappa shape index (κ2) is 10.4. The molecule has 1 N–H and O–H groups in total. The highest BCUT2D eigenvalue weighted by atomic mass is 127. The Balaban J connectivity index is 1.44. The largest absolute Gasteiger partial charge is 0.493 e. The lowest BCUT2D eigenvalue weighted by Crippen LogP contribution is -2.16. The quantitative estimate of drug-likeness (QED) is 0.147. The van der Waals surface area contributed by atoms with Gasteiger partial charge in [0.2, 0.25) is 0 Å². The second-order valence-electron chi connectivity index (χ2n) is 7.30. The molecular weight excluding hydrogens is 599 g/mol. The summed E-state index contributed by atoms with van der Waals surface area (Å²) in [6.07, 6.45) is 1.55. The molecule has 8 heteroatoms. The molecule has 0 spiro atoms. The van der Waals surface area contributed by atoms with Crippen molar-refractivity contribution in [3.05, 3.63) is 91.2 Å². The van der Waals surface area contributed by atoms with E-state index in [0.717, 1.165) is 24.6 Å². The Morgan fingerprint density at radius 3 is 2.70 bits per heavy atom. The van der Waals surface area contributed by atoms with E-state index < -0.39 is 5.91 Å². The summed E-state index contributed by atoms with van der Waals surface area (Å²) in [5, 5.41) is 4.89. The maximum absolute atomic E-state index is 12.4. The molecule has 4 rings (SSSR count). The van der Waals surface area contributed by atoms with Gasteiger partial charge in [0.25, 0.3) is 0 Å². The van der Waals surface area contributed by atoms with Crippen molar-refractivity contribution in [2.24, 2.45) is 5.10 Å². The lowest BCUT2D eigenvalue weighted by atomic mass is 10.2. The lowest BCUT2D eigenvalue weighted by Gasteiger charge is -2.13. The molecule has 0 radical (unpaired) electrons. The fourth-order valence-corrected chi connectivity index (χ4v) is 4.30. The molecule has 3 aromatic carbocycles. The molecule has 0 bridgehead atoms. The Bertz CT molecular complexity index is 1330. The minimum atomic E-state index is -0.432. The van der Waals surface area contributed by atoms with Crippen molar-refractivity contribution in [2.75, 3.05) is 7.11 Å². The summed E-state index contributed by atoms with van der Waals surface area (Å²) in [5.41, 5.74) is 6.16. The fraction of sp³-hybridized carbons (Fsp3) is 0.120. The van der Waals surface area contributed by atoms with Crippen LogP contribution in [0.5, 0.6) is 11.5 Å². The van der Waals surface area contributed by atoms with Gasteiger partial charge in [-0.1, -0.05) is 45.8 Å². The molecule has 1 aromatic heterocycles. The average Bonchev–Trinajstić information content (AvgIpc) is 3.22. The van der Waals surface area contributed by atoms with Crippen LogP contribution in [0.1, 0.15) is 27.2 Å². The first kappa shape index (κ1) is 23.3. The van der Waals surface area contributed by atoms with Crippen LogP contribution >= 0.6 is 38.5 Å². The molecule has 0 saturated carbocycles. The molecule has 0 aliphatic rings. The van der Waals surface area contributed by atoms with Gasteiger partial charge in [-0.25, -0.2) is 5.43 Å². The predicted molar refractivity (Wildman–Crippen MR) is 140 cm³/mol. The van der Waals surface area contributed by atoms with E-state index in [1.807, 2.05) is 30.3 Å². The number of hydrazone groups is 1. The number of carbonyl (C=O) groups excluding carboxylic acids is 1. The summed E-state index contributed by atoms with van der Waals surface area (Å²) in [5.74, 6) is 1.00. The third kappa shape index (κ3) is 5.75. The number of benzene rings is 3. The van der Waals surface area contributed by atoms with Crippen molar-refractivity contribution in [2.45, 2.75) is 13.5 Å². The fourth-order valence-electron chi connectivity index (χ4n) is 3.14. The summed E-state index contributed by atoms with van der Waals surface area (Å²) in [6, 6.07) is 19.1. The van der Waals surface area contributed by atoms with Crippen LogP contribution in [0, 0.1) is 10.5 Å². The number of nitrogens with zero attached hydrogens (tertiary/aromatic N) is 1. The molecule has 0 aliphatic heterocycles. The van der Waals surface area contributed by atoms with Crippen LogP contribution in [0.25, 0.3) is 11.0 Å². The van der Waals surface area contributed by atoms with E-state index in [2.05, 4.69) is 68.1 Å². The first-order chi connectivity index (χ1) is 15.9. The molecule has 1 amide bonds. The Labute approximate surface area is 213 Å². The van der Waals surface area contributed by atoms with Gasteiger partial charge in [0.15, 0.2) is 17.3 Å². The third-order valence-electron chi connectivity index (χ3n) is 4.84. The second-order valence-corrected chi connectivity index (χ2v) is 9.38. The van der Waals surface area contributed by atoms with Crippen LogP contribution in [0.2, 0.25) is 0 Å². The van der Waals surface area contributed by atoms with Gasteiger partial charge in [-0.3, -0.25) is 4.79 Å². The number of nitrogens with one attached hydrogen (secondary N) is 1. The van der Waals surface area contributed by atoms with Crippen molar-refractivity contribution < 1.29 is 18.7 Å². The molecule has 168 valence electrons. The van der Waals surface area contributed by atoms with Gasteiger partial charge >= 0.3 is 5.91 Å². The normalized spacial score (nSPS) is 11.2. The number of hydrogen-bond acceptors (Lipinski definition) is 5. The monoisotopic (exact) mass is 618 g/mol. The van der Waals surface area contributed by atoms with Crippen LogP contribution in [0.4, 0.5) is 0 Å². The highest BCUT2D eigenvalue weighted by Crippen LogP contribution is 2.34. The molecule has 33 heavy (non-hydrogen) atoms. The number of methoxy groups -OCH3 is 1. The van der Waals surface area contributed by atoms with E-state index in [4.69, 9.17) is 13.9 Å². The Morgan fingerprint density at radius 2 is 1.94 bits per heavy atom. The van der Waals surface area contributed by atoms with E-state index >= 15 is 0 Å². The lowest BCUT2D eigenvalue weighted by molar-refractivity contribution is 0.0929. The number of rotatable bonds is 7. The van der Waals surface area contributed by atoms with Crippen molar-refractivity contribution in [3.8, 4) is 11.5 Å². The highest BCUT2D eigenvalue weighted by Gasteiger charge is 2.13. The maximum atomic E-state index is 12.4. The van der Waals surface area contributed by atoms with Gasteiger partial charge in [-0.15, -0.1) is 0 Å². The molecule has 0 aliphatic carbocycles. The van der Waals surface area contributed by atoms with Crippen molar-refractivity contribution in [1.29, 1.82) is 0 Å². The molecule has 4 aromatic rings.